The number of carbonyl (C=O) groups is 3. The highest BCUT2D eigenvalue weighted by molar-refractivity contribution is 6.24. The maximum absolute atomic E-state index is 13.3. The summed E-state index contributed by atoms with van der Waals surface area (Å²) in [6.07, 6.45) is 4.30. The summed E-state index contributed by atoms with van der Waals surface area (Å²) >= 11 is 0. The Hall–Kier alpha value is -6.20. The van der Waals surface area contributed by atoms with Gasteiger partial charge in [-0.05, 0) is 80.8 Å². The number of nitrogens with zero attached hydrogens (tertiary/aromatic N) is 6. The number of aromatic nitrogens is 4. The summed E-state index contributed by atoms with van der Waals surface area (Å²) in [5.41, 5.74) is 9.74. The van der Waals surface area contributed by atoms with Gasteiger partial charge in [-0.1, -0.05) is 30.8 Å². The van der Waals surface area contributed by atoms with E-state index in [1.54, 1.807) is 18.2 Å². The average molecular weight is 817 g/mol. The Morgan fingerprint density at radius 3 is 2.30 bits per heavy atom. The molecule has 2 unspecified atom stereocenters. The summed E-state index contributed by atoms with van der Waals surface area (Å²) in [7, 11) is 0. The SMILES string of the molecule is C=C1CCC(N2C(=O)c3cccc(OCCOCCOCCOCCN4CCCC(n5nc(-c6ccc(Oc7ccccc7)cc6)c6c(N)ncnc65)C4)c3C2=O)C(=O)N1. The molecule has 3 aromatic carbocycles. The van der Waals surface area contributed by atoms with Crippen LogP contribution in [0.2, 0.25) is 0 Å². The minimum Gasteiger partial charge on any atom is -0.490 e. The molecule has 3 N–H and O–H groups in total. The highest BCUT2D eigenvalue weighted by Crippen LogP contribution is 2.36. The normalized spacial score (nSPS) is 18.2. The molecule has 312 valence electrons. The number of nitrogens with two attached hydrogens (primary N) is 1. The number of amides is 3. The van der Waals surface area contributed by atoms with Gasteiger partial charge < -0.3 is 34.7 Å². The van der Waals surface area contributed by atoms with Crippen LogP contribution < -0.4 is 20.5 Å². The summed E-state index contributed by atoms with van der Waals surface area (Å²) in [6.45, 7) is 8.94. The zero-order valence-electron chi connectivity index (χ0n) is 33.3. The lowest BCUT2D eigenvalue weighted by atomic mass is 10.0. The smallest absolute Gasteiger partial charge is 0.266 e. The van der Waals surface area contributed by atoms with Gasteiger partial charge in [0, 0.05) is 24.4 Å². The average Bonchev–Trinajstić information content (AvgIpc) is 3.78. The molecule has 5 heterocycles. The molecule has 2 fully saturated rings. The van der Waals surface area contributed by atoms with Crippen molar-refractivity contribution in [2.75, 3.05) is 71.6 Å². The fraction of sp³-hybridized carbons (Fsp3) is 0.364. The van der Waals surface area contributed by atoms with Crippen molar-refractivity contribution in [3.8, 4) is 28.5 Å². The van der Waals surface area contributed by atoms with Crippen LogP contribution in [0.3, 0.4) is 0 Å². The van der Waals surface area contributed by atoms with Crippen LogP contribution in [-0.4, -0.2) is 119 Å². The molecule has 2 saturated heterocycles. The third-order valence-electron chi connectivity index (χ3n) is 10.8. The molecular weight excluding hydrogens is 769 g/mol. The summed E-state index contributed by atoms with van der Waals surface area (Å²) in [6, 6.07) is 21.6. The monoisotopic (exact) mass is 816 g/mol. The van der Waals surface area contributed by atoms with Crippen LogP contribution in [0.5, 0.6) is 17.2 Å². The van der Waals surface area contributed by atoms with E-state index in [1.807, 2.05) is 59.3 Å². The third kappa shape index (κ3) is 9.01. The van der Waals surface area contributed by atoms with E-state index in [4.69, 9.17) is 34.5 Å². The number of nitrogens with one attached hydrogen (secondary N) is 1. The van der Waals surface area contributed by atoms with Crippen LogP contribution in [0.15, 0.2) is 91.4 Å². The largest absolute Gasteiger partial charge is 0.490 e. The topological polar surface area (TPSA) is 185 Å². The number of allylic oxidation sites excluding steroid dienone is 1. The number of imide groups is 1. The molecule has 8 rings (SSSR count). The van der Waals surface area contributed by atoms with Gasteiger partial charge in [0.25, 0.3) is 11.8 Å². The number of piperidine rings is 2. The lowest BCUT2D eigenvalue weighted by Crippen LogP contribution is -2.51. The minimum atomic E-state index is -0.883. The van der Waals surface area contributed by atoms with Crippen molar-refractivity contribution in [1.29, 1.82) is 0 Å². The van der Waals surface area contributed by atoms with E-state index in [0.717, 1.165) is 71.2 Å². The first kappa shape index (κ1) is 40.6. The Kier molecular flexibility index (Phi) is 12.7. The number of likely N-dealkylation sites (tertiary alicyclic amines) is 1. The first-order valence-electron chi connectivity index (χ1n) is 20.3. The van der Waals surface area contributed by atoms with E-state index in [0.29, 0.717) is 57.4 Å². The standard InChI is InChI=1S/C44H48N8O8/c1-29-12-17-35(42(53)48-29)51-43(54)34-10-5-11-36(37(34)44(51)55)59-26-25-58-24-23-57-22-21-56-20-19-50-18-6-7-31(27-50)52-41-38(40(45)46-28-47-41)39(49-52)30-13-15-33(16-14-30)60-32-8-3-2-4-9-32/h2-5,8-11,13-16,28,31,35H,1,6-7,12,17-27H2,(H,48,53)(H2,45,46,47). The van der Waals surface area contributed by atoms with Crippen molar-refractivity contribution in [1.82, 2.24) is 34.9 Å². The van der Waals surface area contributed by atoms with Crippen LogP contribution in [-0.2, 0) is 19.0 Å². The molecule has 3 aliphatic rings. The fourth-order valence-electron chi connectivity index (χ4n) is 7.82. The summed E-state index contributed by atoms with van der Waals surface area (Å²) in [5, 5.41) is 8.45. The number of nitrogen functional groups attached to an aromatic ring is 1. The quantitative estimate of drug-likeness (QED) is 0.0888. The highest BCUT2D eigenvalue weighted by atomic mass is 16.6. The van der Waals surface area contributed by atoms with E-state index >= 15 is 0 Å². The number of hydrogen-bond acceptors (Lipinski definition) is 13. The van der Waals surface area contributed by atoms with Crippen LogP contribution >= 0.6 is 0 Å². The molecule has 16 nitrogen and oxygen atoms in total. The van der Waals surface area contributed by atoms with Gasteiger partial charge >= 0.3 is 0 Å². The molecule has 2 aromatic heterocycles. The molecule has 0 saturated carbocycles. The predicted octanol–water partition coefficient (Wildman–Crippen LogP) is 5.02. The van der Waals surface area contributed by atoms with Gasteiger partial charge in [0.1, 0.15) is 47.7 Å². The van der Waals surface area contributed by atoms with Crippen LogP contribution in [0.1, 0.15) is 52.4 Å². The molecule has 3 aliphatic heterocycles. The zero-order chi connectivity index (χ0) is 41.4. The summed E-state index contributed by atoms with van der Waals surface area (Å²) < 4.78 is 31.1. The number of fused-ring (bicyclic) bond motifs is 2. The van der Waals surface area contributed by atoms with Gasteiger partial charge in [0.15, 0.2) is 5.65 Å². The first-order valence-corrected chi connectivity index (χ1v) is 20.3. The minimum absolute atomic E-state index is 0.113. The van der Waals surface area contributed by atoms with Gasteiger partial charge in [-0.3, -0.25) is 24.2 Å². The lowest BCUT2D eigenvalue weighted by Gasteiger charge is -2.32. The summed E-state index contributed by atoms with van der Waals surface area (Å²) in [5.74, 6) is 0.715. The lowest BCUT2D eigenvalue weighted by molar-refractivity contribution is -0.125. The number of benzene rings is 3. The van der Waals surface area contributed by atoms with Gasteiger partial charge in [0.2, 0.25) is 5.91 Å². The Morgan fingerprint density at radius 2 is 1.53 bits per heavy atom. The number of hydrogen-bond donors (Lipinski definition) is 2. The van der Waals surface area contributed by atoms with Gasteiger partial charge in [-0.25, -0.2) is 14.6 Å². The Labute approximate surface area is 347 Å². The van der Waals surface area contributed by atoms with E-state index < -0.39 is 23.8 Å². The maximum Gasteiger partial charge on any atom is 0.266 e. The molecular formula is C44H48N8O8. The second kappa shape index (κ2) is 18.8. The number of carbonyl (C=O) groups excluding carboxylic acids is 3. The van der Waals surface area contributed by atoms with Crippen molar-refractivity contribution in [2.24, 2.45) is 0 Å². The number of anilines is 1. The number of ether oxygens (including phenoxy) is 5. The predicted molar refractivity (Wildman–Crippen MR) is 222 cm³/mol. The molecule has 0 aliphatic carbocycles. The molecule has 0 radical (unpaired) electrons. The molecule has 2 atom stereocenters. The Morgan fingerprint density at radius 1 is 0.800 bits per heavy atom. The van der Waals surface area contributed by atoms with E-state index in [-0.39, 0.29) is 36.1 Å². The van der Waals surface area contributed by atoms with Crippen LogP contribution in [0.25, 0.3) is 22.3 Å². The Bertz CT molecular complexity index is 2340. The molecule has 5 aromatic rings. The fourth-order valence-corrected chi connectivity index (χ4v) is 7.82. The second-order valence-corrected chi connectivity index (χ2v) is 14.8. The number of rotatable bonds is 18. The maximum atomic E-state index is 13.3. The van der Waals surface area contributed by atoms with E-state index in [9.17, 15) is 14.4 Å². The van der Waals surface area contributed by atoms with Crippen LogP contribution in [0, 0.1) is 0 Å². The Balaban J connectivity index is 0.732. The third-order valence-corrected chi connectivity index (χ3v) is 10.8. The van der Waals surface area contributed by atoms with Gasteiger partial charge in [-0.2, -0.15) is 5.10 Å². The first-order chi connectivity index (χ1) is 29.4. The van der Waals surface area contributed by atoms with Crippen molar-refractivity contribution in [3.05, 3.63) is 103 Å². The molecule has 0 bridgehead atoms. The van der Waals surface area contributed by atoms with Gasteiger partial charge in [-0.15, -0.1) is 0 Å². The van der Waals surface area contributed by atoms with Crippen molar-refractivity contribution in [2.45, 2.75) is 37.8 Å². The van der Waals surface area contributed by atoms with Crippen molar-refractivity contribution < 1.29 is 38.1 Å². The molecule has 16 heteroatoms. The zero-order valence-corrected chi connectivity index (χ0v) is 33.3. The van der Waals surface area contributed by atoms with Crippen molar-refractivity contribution >= 4 is 34.6 Å². The molecule has 0 spiro atoms. The van der Waals surface area contributed by atoms with Crippen molar-refractivity contribution in [3.63, 3.8) is 0 Å². The summed E-state index contributed by atoms with van der Waals surface area (Å²) in [4.78, 5) is 51.2. The van der Waals surface area contributed by atoms with E-state index in [1.165, 1.54) is 6.33 Å². The van der Waals surface area contributed by atoms with E-state index in [2.05, 4.69) is 26.8 Å². The molecule has 3 amide bonds. The van der Waals surface area contributed by atoms with Crippen LogP contribution in [0.4, 0.5) is 5.82 Å². The number of para-hydroxylation sites is 1. The second-order valence-electron chi connectivity index (χ2n) is 14.8. The highest BCUT2D eigenvalue weighted by Gasteiger charge is 2.45. The van der Waals surface area contributed by atoms with Gasteiger partial charge in [0.05, 0.1) is 62.2 Å². The molecule has 60 heavy (non-hydrogen) atoms.